The highest BCUT2D eigenvalue weighted by Crippen LogP contribution is 2.45. The number of fused-ring (bicyclic) bond motifs is 1. The summed E-state index contributed by atoms with van der Waals surface area (Å²) in [4.78, 5) is 89.1. The highest BCUT2D eigenvalue weighted by atomic mass is 19.3. The van der Waals surface area contributed by atoms with Crippen molar-refractivity contribution in [3.05, 3.63) is 24.3 Å². The molecule has 258 valence electrons. The number of halogens is 3. The number of Topliss-reactive ketones (excluding diaryl/α,β-unsaturated/α-hetero) is 4. The predicted octanol–water partition coefficient (Wildman–Crippen LogP) is 4.21. The van der Waals surface area contributed by atoms with Gasteiger partial charge in [0.25, 0.3) is 0 Å². The van der Waals surface area contributed by atoms with Gasteiger partial charge in [0.15, 0.2) is 17.3 Å². The number of carbonyl (C=O) groups is 6. The second kappa shape index (κ2) is 15.6. The molecule has 13 heteroatoms. The molecule has 2 heterocycles. The standard InChI is InChI=1S/C34H45F3N4O6/c1-17(2)22(14-26(42)25-15-38-9-10-39-25)33(46)40-30(18(3)4)34(47)41-16-23-21(7-8-24(23)35)31(41)27(43)12-20(13-29(36)37)32(45)28(44)11-19-5-6-19/h9-10,15,17-24,29-31H,5-8,11-14,16H2,1-4H3,(H,40,46)/t20?,21-,22+,23-,24-,30-,31?/m0/s1. The molecule has 0 radical (unpaired) electrons. The van der Waals surface area contributed by atoms with E-state index in [1.165, 1.54) is 23.5 Å². The smallest absolute Gasteiger partial charge is 0.246 e. The maximum absolute atomic E-state index is 15.0. The van der Waals surface area contributed by atoms with Crippen molar-refractivity contribution in [2.24, 2.45) is 41.4 Å². The van der Waals surface area contributed by atoms with Crippen LogP contribution in [-0.2, 0) is 24.0 Å². The summed E-state index contributed by atoms with van der Waals surface area (Å²) < 4.78 is 42.1. The summed E-state index contributed by atoms with van der Waals surface area (Å²) in [5.74, 6) is -8.32. The first-order chi connectivity index (χ1) is 22.2. The molecule has 47 heavy (non-hydrogen) atoms. The minimum atomic E-state index is -2.93. The van der Waals surface area contributed by atoms with Crippen LogP contribution in [0.3, 0.4) is 0 Å². The van der Waals surface area contributed by atoms with E-state index in [1.807, 2.05) is 0 Å². The van der Waals surface area contributed by atoms with Gasteiger partial charge in [-0.1, -0.05) is 27.7 Å². The molecule has 1 aromatic rings. The Morgan fingerprint density at radius 1 is 0.936 bits per heavy atom. The van der Waals surface area contributed by atoms with Crippen molar-refractivity contribution in [3.63, 3.8) is 0 Å². The van der Waals surface area contributed by atoms with Crippen LogP contribution in [0.15, 0.2) is 18.6 Å². The number of nitrogens with zero attached hydrogens (tertiary/aromatic N) is 3. The fraction of sp³-hybridized carbons (Fsp3) is 0.706. The molecule has 1 saturated heterocycles. The van der Waals surface area contributed by atoms with Crippen molar-refractivity contribution in [2.75, 3.05) is 6.54 Å². The molecular weight excluding hydrogens is 617 g/mol. The Labute approximate surface area is 273 Å². The maximum atomic E-state index is 15.0. The van der Waals surface area contributed by atoms with E-state index in [9.17, 15) is 37.5 Å². The first-order valence-electron chi connectivity index (χ1n) is 16.6. The number of aromatic nitrogens is 2. The Hall–Kier alpha value is -3.51. The van der Waals surface area contributed by atoms with Gasteiger partial charge in [-0.3, -0.25) is 33.8 Å². The lowest BCUT2D eigenvalue weighted by Crippen LogP contribution is -2.56. The highest BCUT2D eigenvalue weighted by Gasteiger charge is 2.54. The molecular formula is C34H45F3N4O6. The van der Waals surface area contributed by atoms with E-state index in [1.54, 1.807) is 27.7 Å². The Bertz CT molecular complexity index is 1340. The Morgan fingerprint density at radius 3 is 2.21 bits per heavy atom. The summed E-state index contributed by atoms with van der Waals surface area (Å²) >= 11 is 0. The Morgan fingerprint density at radius 2 is 1.64 bits per heavy atom. The zero-order chi connectivity index (χ0) is 34.6. The first-order valence-corrected chi connectivity index (χ1v) is 16.6. The summed E-state index contributed by atoms with van der Waals surface area (Å²) in [6, 6.07) is -2.32. The molecule has 0 spiro atoms. The third kappa shape index (κ3) is 8.90. The molecule has 4 rings (SSSR count). The molecule has 2 unspecified atom stereocenters. The van der Waals surface area contributed by atoms with E-state index in [-0.39, 0.29) is 43.3 Å². The second-order valence-electron chi connectivity index (χ2n) is 14.1. The average Bonchev–Trinajstić information content (AvgIpc) is 3.64. The average molecular weight is 663 g/mol. The Balaban J connectivity index is 1.54. The summed E-state index contributed by atoms with van der Waals surface area (Å²) in [5.41, 5.74) is 0.103. The molecule has 2 amide bonds. The first kappa shape index (κ1) is 36.3. The molecule has 3 fully saturated rings. The van der Waals surface area contributed by atoms with E-state index in [4.69, 9.17) is 0 Å². The zero-order valence-electron chi connectivity index (χ0n) is 27.4. The van der Waals surface area contributed by atoms with Crippen molar-refractivity contribution >= 4 is 34.9 Å². The normalized spacial score (nSPS) is 24.3. The van der Waals surface area contributed by atoms with Gasteiger partial charge in [-0.2, -0.15) is 0 Å². The number of nitrogens with one attached hydrogen (secondary N) is 1. The van der Waals surface area contributed by atoms with Crippen LogP contribution in [0.2, 0.25) is 0 Å². The third-order valence-electron chi connectivity index (χ3n) is 9.91. The number of hydrogen-bond acceptors (Lipinski definition) is 8. The Kier molecular flexibility index (Phi) is 12.1. The quantitative estimate of drug-likeness (QED) is 0.193. The number of alkyl halides is 3. The fourth-order valence-corrected chi connectivity index (χ4v) is 7.01. The zero-order valence-corrected chi connectivity index (χ0v) is 27.4. The number of hydrogen-bond donors (Lipinski definition) is 1. The highest BCUT2D eigenvalue weighted by molar-refractivity contribution is 6.38. The van der Waals surface area contributed by atoms with Gasteiger partial charge in [0, 0.05) is 62.4 Å². The van der Waals surface area contributed by atoms with Gasteiger partial charge in [0.1, 0.15) is 17.9 Å². The van der Waals surface area contributed by atoms with Gasteiger partial charge in [-0.25, -0.2) is 18.2 Å². The summed E-state index contributed by atoms with van der Waals surface area (Å²) in [6.45, 7) is 6.83. The van der Waals surface area contributed by atoms with Crippen LogP contribution in [-0.4, -0.2) is 81.0 Å². The van der Waals surface area contributed by atoms with Crippen LogP contribution in [0, 0.1) is 41.4 Å². The number of likely N-dealkylation sites (tertiary alicyclic amines) is 1. The monoisotopic (exact) mass is 662 g/mol. The summed E-state index contributed by atoms with van der Waals surface area (Å²) in [7, 11) is 0. The number of rotatable bonds is 17. The van der Waals surface area contributed by atoms with Crippen molar-refractivity contribution in [1.29, 1.82) is 0 Å². The van der Waals surface area contributed by atoms with Gasteiger partial charge in [-0.15, -0.1) is 0 Å². The molecule has 3 aliphatic rings. The van der Waals surface area contributed by atoms with Gasteiger partial charge >= 0.3 is 0 Å². The van der Waals surface area contributed by atoms with Crippen molar-refractivity contribution in [2.45, 2.75) is 104 Å². The van der Waals surface area contributed by atoms with E-state index >= 15 is 4.39 Å². The molecule has 0 bridgehead atoms. The van der Waals surface area contributed by atoms with Gasteiger partial charge in [0.05, 0.1) is 12.2 Å². The number of amides is 2. The summed E-state index contributed by atoms with van der Waals surface area (Å²) in [5, 5.41) is 2.77. The summed E-state index contributed by atoms with van der Waals surface area (Å²) in [6.07, 6.45) is 0.0825. The number of ketones is 4. The molecule has 1 N–H and O–H groups in total. The van der Waals surface area contributed by atoms with E-state index < -0.39 is 102 Å². The molecule has 1 aliphatic heterocycles. The van der Waals surface area contributed by atoms with Gasteiger partial charge in [0.2, 0.25) is 24.0 Å². The van der Waals surface area contributed by atoms with E-state index in [2.05, 4.69) is 15.3 Å². The fourth-order valence-electron chi connectivity index (χ4n) is 7.01. The lowest BCUT2D eigenvalue weighted by Gasteiger charge is -2.33. The predicted molar refractivity (Wildman–Crippen MR) is 164 cm³/mol. The molecule has 1 aromatic heterocycles. The largest absolute Gasteiger partial charge is 0.344 e. The van der Waals surface area contributed by atoms with Crippen LogP contribution in [0.5, 0.6) is 0 Å². The van der Waals surface area contributed by atoms with E-state index in [0.29, 0.717) is 6.42 Å². The minimum Gasteiger partial charge on any atom is -0.344 e. The van der Waals surface area contributed by atoms with Crippen LogP contribution < -0.4 is 5.32 Å². The molecule has 2 aliphatic carbocycles. The molecule has 0 aromatic carbocycles. The van der Waals surface area contributed by atoms with Crippen molar-refractivity contribution < 1.29 is 41.9 Å². The van der Waals surface area contributed by atoms with E-state index in [0.717, 1.165) is 12.8 Å². The van der Waals surface area contributed by atoms with Crippen LogP contribution in [0.25, 0.3) is 0 Å². The molecule has 2 saturated carbocycles. The van der Waals surface area contributed by atoms with Crippen LogP contribution in [0.1, 0.15) is 89.5 Å². The van der Waals surface area contributed by atoms with Gasteiger partial charge in [-0.05, 0) is 49.4 Å². The molecule has 10 nitrogen and oxygen atoms in total. The lowest BCUT2D eigenvalue weighted by atomic mass is 9.84. The van der Waals surface area contributed by atoms with Crippen LogP contribution >= 0.6 is 0 Å². The second-order valence-corrected chi connectivity index (χ2v) is 14.1. The lowest BCUT2D eigenvalue weighted by molar-refractivity contribution is -0.145. The maximum Gasteiger partial charge on any atom is 0.246 e. The topological polar surface area (TPSA) is 143 Å². The van der Waals surface area contributed by atoms with Crippen LogP contribution in [0.4, 0.5) is 13.2 Å². The van der Waals surface area contributed by atoms with Gasteiger partial charge < -0.3 is 10.2 Å². The number of carbonyl (C=O) groups excluding carboxylic acids is 6. The van der Waals surface area contributed by atoms with Crippen molar-refractivity contribution in [1.82, 2.24) is 20.2 Å². The molecule has 7 atom stereocenters. The minimum absolute atomic E-state index is 0.0352. The third-order valence-corrected chi connectivity index (χ3v) is 9.91. The SMILES string of the molecule is CC(C)[C@H](NC(=O)[C@H](CC(=O)c1cnccn1)C(C)C)C(=O)N1C[C@H]2[C@H](CC[C@@H]2F)C1C(=O)CC(CC(F)F)C(=O)C(=O)CC1CC1. The van der Waals surface area contributed by atoms with Crippen molar-refractivity contribution in [3.8, 4) is 0 Å².